The Bertz CT molecular complexity index is 290. The third-order valence-corrected chi connectivity index (χ3v) is 2.18. The maximum absolute atomic E-state index is 5.38. The zero-order valence-corrected chi connectivity index (χ0v) is 8.70. The van der Waals surface area contributed by atoms with Gasteiger partial charge in [0.05, 0.1) is 6.04 Å². The van der Waals surface area contributed by atoms with Crippen molar-refractivity contribution in [2.75, 3.05) is 19.0 Å². The average molecular weight is 191 g/mol. The molecule has 0 aliphatic heterocycles. The molecular formula is C11H17N3. The summed E-state index contributed by atoms with van der Waals surface area (Å²) in [5.74, 6) is 5.38. The Kier molecular flexibility index (Phi) is 3.68. The van der Waals surface area contributed by atoms with Crippen LogP contribution in [0.1, 0.15) is 11.6 Å². The van der Waals surface area contributed by atoms with Crippen molar-refractivity contribution in [1.82, 2.24) is 5.43 Å². The lowest BCUT2D eigenvalue weighted by atomic mass is 10.1. The van der Waals surface area contributed by atoms with Crippen LogP contribution in [0.5, 0.6) is 0 Å². The van der Waals surface area contributed by atoms with Crippen molar-refractivity contribution in [3.63, 3.8) is 0 Å². The van der Waals surface area contributed by atoms with Crippen LogP contribution in [0, 0.1) is 0 Å². The summed E-state index contributed by atoms with van der Waals surface area (Å²) in [5.41, 5.74) is 4.98. The van der Waals surface area contributed by atoms with E-state index in [1.807, 2.05) is 26.2 Å². The molecule has 1 aromatic carbocycles. The molecule has 3 N–H and O–H groups in total. The number of benzene rings is 1. The highest BCUT2D eigenvalue weighted by Gasteiger charge is 2.04. The van der Waals surface area contributed by atoms with Crippen LogP contribution in [-0.4, -0.2) is 14.1 Å². The number of anilines is 1. The summed E-state index contributed by atoms with van der Waals surface area (Å²) in [6, 6.07) is 8.22. The molecule has 0 heterocycles. The van der Waals surface area contributed by atoms with E-state index < -0.39 is 0 Å². The largest absolute Gasteiger partial charge is 0.378 e. The van der Waals surface area contributed by atoms with Gasteiger partial charge < -0.3 is 4.90 Å². The normalized spacial score (nSPS) is 12.2. The van der Waals surface area contributed by atoms with Gasteiger partial charge in [0.2, 0.25) is 0 Å². The Morgan fingerprint density at radius 3 is 2.29 bits per heavy atom. The van der Waals surface area contributed by atoms with Crippen LogP contribution in [-0.2, 0) is 0 Å². The maximum atomic E-state index is 5.38. The number of hydrogen-bond donors (Lipinski definition) is 2. The summed E-state index contributed by atoms with van der Waals surface area (Å²) in [6.45, 7) is 3.71. The molecule has 0 bridgehead atoms. The van der Waals surface area contributed by atoms with E-state index in [1.165, 1.54) is 5.69 Å². The van der Waals surface area contributed by atoms with Gasteiger partial charge >= 0.3 is 0 Å². The fraction of sp³-hybridized carbons (Fsp3) is 0.273. The molecule has 1 rings (SSSR count). The molecule has 1 aromatic rings. The number of nitrogens with two attached hydrogens (primary N) is 1. The van der Waals surface area contributed by atoms with Crippen molar-refractivity contribution in [2.24, 2.45) is 5.84 Å². The topological polar surface area (TPSA) is 41.3 Å². The lowest BCUT2D eigenvalue weighted by Crippen LogP contribution is -2.26. The van der Waals surface area contributed by atoms with Crippen LogP contribution >= 0.6 is 0 Å². The zero-order valence-electron chi connectivity index (χ0n) is 8.70. The molecule has 0 aromatic heterocycles. The average Bonchev–Trinajstić information content (AvgIpc) is 2.20. The molecule has 0 spiro atoms. The van der Waals surface area contributed by atoms with Crippen molar-refractivity contribution >= 4 is 5.69 Å². The molecule has 0 aliphatic rings. The van der Waals surface area contributed by atoms with Crippen molar-refractivity contribution in [2.45, 2.75) is 6.04 Å². The zero-order chi connectivity index (χ0) is 10.6. The van der Waals surface area contributed by atoms with Crippen LogP contribution in [0.4, 0.5) is 5.69 Å². The van der Waals surface area contributed by atoms with Crippen LogP contribution in [0.3, 0.4) is 0 Å². The van der Waals surface area contributed by atoms with Gasteiger partial charge in [-0.1, -0.05) is 18.2 Å². The number of nitrogens with zero attached hydrogens (tertiary/aromatic N) is 1. The first-order chi connectivity index (χ1) is 6.69. The minimum Gasteiger partial charge on any atom is -0.378 e. The molecule has 76 valence electrons. The van der Waals surface area contributed by atoms with Gasteiger partial charge in [0, 0.05) is 19.8 Å². The second kappa shape index (κ2) is 4.79. The third-order valence-electron chi connectivity index (χ3n) is 2.18. The molecule has 3 heteroatoms. The lowest BCUT2D eigenvalue weighted by Gasteiger charge is -2.15. The van der Waals surface area contributed by atoms with Crippen LogP contribution in [0.2, 0.25) is 0 Å². The summed E-state index contributed by atoms with van der Waals surface area (Å²) >= 11 is 0. The fourth-order valence-corrected chi connectivity index (χ4v) is 1.28. The Morgan fingerprint density at radius 1 is 1.36 bits per heavy atom. The highest BCUT2D eigenvalue weighted by atomic mass is 15.2. The minimum absolute atomic E-state index is 0.0196. The molecule has 0 saturated heterocycles. The third kappa shape index (κ3) is 2.34. The van der Waals surface area contributed by atoms with E-state index in [2.05, 4.69) is 29.0 Å². The SMILES string of the molecule is C=CC(NN)c1ccc(N(C)C)cc1. The molecule has 14 heavy (non-hydrogen) atoms. The molecule has 0 aliphatic carbocycles. The van der Waals surface area contributed by atoms with E-state index in [0.717, 1.165) is 5.56 Å². The Morgan fingerprint density at radius 2 is 1.93 bits per heavy atom. The summed E-state index contributed by atoms with van der Waals surface area (Å²) < 4.78 is 0. The highest BCUT2D eigenvalue weighted by Crippen LogP contribution is 2.17. The van der Waals surface area contributed by atoms with Gasteiger partial charge in [0.15, 0.2) is 0 Å². The van der Waals surface area contributed by atoms with Gasteiger partial charge in [-0.15, -0.1) is 6.58 Å². The molecule has 3 nitrogen and oxygen atoms in total. The number of rotatable bonds is 4. The molecule has 1 atom stereocenters. The molecule has 0 amide bonds. The summed E-state index contributed by atoms with van der Waals surface area (Å²) in [5, 5.41) is 0. The van der Waals surface area contributed by atoms with E-state index in [9.17, 15) is 0 Å². The second-order valence-electron chi connectivity index (χ2n) is 3.37. The van der Waals surface area contributed by atoms with Crippen molar-refractivity contribution in [3.05, 3.63) is 42.5 Å². The standard InChI is InChI=1S/C11H17N3/c1-4-11(13-12)9-5-7-10(8-6-9)14(2)3/h4-8,11,13H,1,12H2,2-3H3. The maximum Gasteiger partial charge on any atom is 0.0638 e. The van der Waals surface area contributed by atoms with E-state index in [0.29, 0.717) is 0 Å². The van der Waals surface area contributed by atoms with Gasteiger partial charge in [-0.3, -0.25) is 5.84 Å². The van der Waals surface area contributed by atoms with Gasteiger partial charge in [0.25, 0.3) is 0 Å². The second-order valence-corrected chi connectivity index (χ2v) is 3.37. The van der Waals surface area contributed by atoms with E-state index >= 15 is 0 Å². The van der Waals surface area contributed by atoms with Gasteiger partial charge in [-0.2, -0.15) is 0 Å². The van der Waals surface area contributed by atoms with E-state index in [4.69, 9.17) is 5.84 Å². The van der Waals surface area contributed by atoms with Crippen molar-refractivity contribution in [1.29, 1.82) is 0 Å². The molecule has 1 unspecified atom stereocenters. The minimum atomic E-state index is 0.0196. The van der Waals surface area contributed by atoms with Gasteiger partial charge in [-0.25, -0.2) is 5.43 Å². The van der Waals surface area contributed by atoms with E-state index in [1.54, 1.807) is 6.08 Å². The highest BCUT2D eigenvalue weighted by molar-refractivity contribution is 5.46. The smallest absolute Gasteiger partial charge is 0.0638 e. The van der Waals surface area contributed by atoms with Gasteiger partial charge in [-0.05, 0) is 17.7 Å². The summed E-state index contributed by atoms with van der Waals surface area (Å²) in [7, 11) is 4.03. The lowest BCUT2D eigenvalue weighted by molar-refractivity contribution is 0.657. The first kappa shape index (κ1) is 10.8. The van der Waals surface area contributed by atoms with E-state index in [-0.39, 0.29) is 6.04 Å². The first-order valence-corrected chi connectivity index (χ1v) is 4.55. The van der Waals surface area contributed by atoms with Crippen LogP contribution in [0.15, 0.2) is 36.9 Å². The molecule has 0 fully saturated rings. The fourth-order valence-electron chi connectivity index (χ4n) is 1.28. The quantitative estimate of drug-likeness (QED) is 0.430. The number of hydrazine groups is 1. The summed E-state index contributed by atoms with van der Waals surface area (Å²) in [4.78, 5) is 2.06. The predicted molar refractivity (Wildman–Crippen MR) is 61.0 cm³/mol. The molecule has 0 saturated carbocycles. The summed E-state index contributed by atoms with van der Waals surface area (Å²) in [6.07, 6.45) is 1.78. The molecular weight excluding hydrogens is 174 g/mol. The number of hydrogen-bond acceptors (Lipinski definition) is 3. The van der Waals surface area contributed by atoms with Crippen LogP contribution < -0.4 is 16.2 Å². The number of nitrogens with one attached hydrogen (secondary N) is 1. The predicted octanol–water partition coefficient (Wildman–Crippen LogP) is 1.44. The monoisotopic (exact) mass is 191 g/mol. The Balaban J connectivity index is 2.87. The van der Waals surface area contributed by atoms with Crippen molar-refractivity contribution < 1.29 is 0 Å². The van der Waals surface area contributed by atoms with Crippen LogP contribution in [0.25, 0.3) is 0 Å². The molecule has 0 radical (unpaired) electrons. The first-order valence-electron chi connectivity index (χ1n) is 4.55. The Hall–Kier alpha value is -1.32. The van der Waals surface area contributed by atoms with Gasteiger partial charge in [0.1, 0.15) is 0 Å². The van der Waals surface area contributed by atoms with Crippen molar-refractivity contribution in [3.8, 4) is 0 Å². The Labute approximate surface area is 85.2 Å².